The largest absolute Gasteiger partial charge is 0.493 e. The lowest BCUT2D eigenvalue weighted by Crippen LogP contribution is -2.25. The number of H-pyrrole nitrogens is 1. The maximum absolute atomic E-state index is 12.2. The van der Waals surface area contributed by atoms with Crippen molar-refractivity contribution in [3.63, 3.8) is 0 Å². The number of aromatic amines is 1. The van der Waals surface area contributed by atoms with Gasteiger partial charge in [0.2, 0.25) is 5.75 Å². The highest BCUT2D eigenvalue weighted by atomic mass is 16.5. The van der Waals surface area contributed by atoms with Crippen LogP contribution in [0.2, 0.25) is 0 Å². The van der Waals surface area contributed by atoms with Crippen LogP contribution in [0.15, 0.2) is 23.1 Å². The van der Waals surface area contributed by atoms with Crippen LogP contribution in [0.3, 0.4) is 0 Å². The van der Waals surface area contributed by atoms with E-state index in [9.17, 15) is 4.79 Å². The van der Waals surface area contributed by atoms with E-state index < -0.39 is 0 Å². The first kappa shape index (κ1) is 18.7. The molecule has 0 atom stereocenters. The van der Waals surface area contributed by atoms with Gasteiger partial charge >= 0.3 is 5.69 Å². The van der Waals surface area contributed by atoms with Crippen molar-refractivity contribution in [3.8, 4) is 28.5 Å². The first-order valence-corrected chi connectivity index (χ1v) is 8.39. The number of aromatic nitrogens is 4. The average molecular weight is 373 g/mol. The molecule has 2 heterocycles. The van der Waals surface area contributed by atoms with Gasteiger partial charge in [-0.3, -0.25) is 9.55 Å². The van der Waals surface area contributed by atoms with E-state index in [2.05, 4.69) is 15.0 Å². The van der Waals surface area contributed by atoms with Crippen LogP contribution in [0.1, 0.15) is 0 Å². The molecule has 0 aliphatic heterocycles. The first-order chi connectivity index (χ1) is 13.0. The summed E-state index contributed by atoms with van der Waals surface area (Å²) < 4.78 is 17.7. The van der Waals surface area contributed by atoms with Crippen molar-refractivity contribution in [3.05, 3.63) is 28.8 Å². The van der Waals surface area contributed by atoms with E-state index >= 15 is 0 Å². The van der Waals surface area contributed by atoms with Gasteiger partial charge in [-0.15, -0.1) is 0 Å². The maximum atomic E-state index is 12.2. The summed E-state index contributed by atoms with van der Waals surface area (Å²) in [5.41, 5.74) is 2.07. The zero-order chi connectivity index (χ0) is 19.6. The van der Waals surface area contributed by atoms with Crippen LogP contribution in [-0.4, -0.2) is 66.4 Å². The number of hydrogen-bond acceptors (Lipinski definition) is 7. The number of imidazole rings is 1. The zero-order valence-corrected chi connectivity index (χ0v) is 16.1. The molecule has 1 N–H and O–H groups in total. The Hall–Kier alpha value is -3.07. The number of ether oxygens (including phenoxy) is 3. The third-order valence-corrected chi connectivity index (χ3v) is 4.21. The number of likely N-dealkylation sites (N-methyl/N-ethyl adjacent to an activating group) is 1. The molecule has 0 aliphatic rings. The lowest BCUT2D eigenvalue weighted by molar-refractivity contribution is 0.324. The van der Waals surface area contributed by atoms with Gasteiger partial charge in [-0.05, 0) is 26.2 Å². The monoisotopic (exact) mass is 373 g/mol. The molecule has 0 saturated heterocycles. The highest BCUT2D eigenvalue weighted by Crippen LogP contribution is 2.40. The summed E-state index contributed by atoms with van der Waals surface area (Å²) in [4.78, 5) is 26.0. The molecule has 0 spiro atoms. The van der Waals surface area contributed by atoms with Gasteiger partial charge in [-0.25, -0.2) is 14.8 Å². The lowest BCUT2D eigenvalue weighted by atomic mass is 10.1. The van der Waals surface area contributed by atoms with Crippen molar-refractivity contribution in [1.29, 1.82) is 0 Å². The van der Waals surface area contributed by atoms with E-state index in [0.717, 1.165) is 5.56 Å². The minimum Gasteiger partial charge on any atom is -0.493 e. The fourth-order valence-corrected chi connectivity index (χ4v) is 2.80. The summed E-state index contributed by atoms with van der Waals surface area (Å²) in [6, 6.07) is 3.60. The molecule has 144 valence electrons. The van der Waals surface area contributed by atoms with Crippen LogP contribution in [0.5, 0.6) is 17.2 Å². The summed E-state index contributed by atoms with van der Waals surface area (Å²) in [5, 5.41) is 0. The van der Waals surface area contributed by atoms with Gasteiger partial charge in [0.1, 0.15) is 0 Å². The SMILES string of the molecule is COc1cc(-c2cnc3[nH]c(=O)n(CCN(C)C)c3n2)cc(OC)c1OC. The first-order valence-electron chi connectivity index (χ1n) is 8.39. The predicted octanol–water partition coefficient (Wildman–Crippen LogP) is 1.37. The van der Waals surface area contributed by atoms with Gasteiger partial charge < -0.3 is 19.1 Å². The van der Waals surface area contributed by atoms with Crippen molar-refractivity contribution in [1.82, 2.24) is 24.4 Å². The second-order valence-electron chi connectivity index (χ2n) is 6.23. The molecule has 9 nitrogen and oxygen atoms in total. The molecule has 2 aromatic heterocycles. The molecule has 0 amide bonds. The van der Waals surface area contributed by atoms with Gasteiger partial charge in [0.15, 0.2) is 22.8 Å². The Morgan fingerprint density at radius 2 is 1.78 bits per heavy atom. The Bertz CT molecular complexity index is 984. The summed E-state index contributed by atoms with van der Waals surface area (Å²) in [6.45, 7) is 1.22. The van der Waals surface area contributed by atoms with Gasteiger partial charge in [-0.1, -0.05) is 0 Å². The minimum absolute atomic E-state index is 0.228. The van der Waals surface area contributed by atoms with E-state index in [1.165, 1.54) is 0 Å². The third kappa shape index (κ3) is 3.59. The summed E-state index contributed by atoms with van der Waals surface area (Å²) in [7, 11) is 8.57. The molecule has 0 unspecified atom stereocenters. The van der Waals surface area contributed by atoms with E-state index in [-0.39, 0.29) is 5.69 Å². The molecule has 1 aromatic carbocycles. The number of fused-ring (bicyclic) bond motifs is 1. The molecule has 0 radical (unpaired) electrons. The van der Waals surface area contributed by atoms with Crippen molar-refractivity contribution in [2.24, 2.45) is 0 Å². The Kier molecular flexibility index (Phi) is 5.31. The molecule has 9 heteroatoms. The van der Waals surface area contributed by atoms with Crippen LogP contribution in [0, 0.1) is 0 Å². The standard InChI is InChI=1S/C18H23N5O4/c1-22(2)6-7-23-17-16(21-18(23)24)19-10-12(20-17)11-8-13(25-3)15(27-5)14(9-11)26-4/h8-10H,6-7H2,1-5H3,(H,19,21,24). The second-order valence-corrected chi connectivity index (χ2v) is 6.23. The topological polar surface area (TPSA) is 94.5 Å². The fourth-order valence-electron chi connectivity index (χ4n) is 2.80. The number of nitrogens with zero attached hydrogens (tertiary/aromatic N) is 4. The highest BCUT2D eigenvalue weighted by Gasteiger charge is 2.17. The van der Waals surface area contributed by atoms with Crippen molar-refractivity contribution >= 4 is 11.3 Å². The highest BCUT2D eigenvalue weighted by molar-refractivity contribution is 5.73. The van der Waals surface area contributed by atoms with Gasteiger partial charge in [-0.2, -0.15) is 0 Å². The van der Waals surface area contributed by atoms with Crippen LogP contribution < -0.4 is 19.9 Å². The minimum atomic E-state index is -0.228. The zero-order valence-electron chi connectivity index (χ0n) is 16.1. The smallest absolute Gasteiger partial charge is 0.328 e. The Morgan fingerprint density at radius 3 is 2.33 bits per heavy atom. The Balaban J connectivity index is 2.12. The number of benzene rings is 1. The third-order valence-electron chi connectivity index (χ3n) is 4.21. The maximum Gasteiger partial charge on any atom is 0.328 e. The van der Waals surface area contributed by atoms with Crippen LogP contribution in [0.4, 0.5) is 0 Å². The van der Waals surface area contributed by atoms with Gasteiger partial charge in [0, 0.05) is 18.7 Å². The second kappa shape index (κ2) is 7.67. The van der Waals surface area contributed by atoms with Crippen LogP contribution in [-0.2, 0) is 6.54 Å². The van der Waals surface area contributed by atoms with Crippen molar-refractivity contribution in [2.45, 2.75) is 6.54 Å². The van der Waals surface area contributed by atoms with Crippen LogP contribution in [0.25, 0.3) is 22.6 Å². The number of methoxy groups -OCH3 is 3. The normalized spacial score (nSPS) is 11.2. The Morgan fingerprint density at radius 1 is 1.11 bits per heavy atom. The van der Waals surface area contributed by atoms with Gasteiger partial charge in [0.25, 0.3) is 0 Å². The van der Waals surface area contributed by atoms with E-state index in [0.29, 0.717) is 47.3 Å². The fraction of sp³-hybridized carbons (Fsp3) is 0.389. The molecule has 0 bridgehead atoms. The average Bonchev–Trinajstić information content (AvgIpc) is 2.99. The van der Waals surface area contributed by atoms with E-state index in [1.807, 2.05) is 19.0 Å². The van der Waals surface area contributed by atoms with Crippen LogP contribution >= 0.6 is 0 Å². The molecule has 0 aliphatic carbocycles. The molecule has 3 aromatic rings. The van der Waals surface area contributed by atoms with E-state index in [1.54, 1.807) is 44.2 Å². The van der Waals surface area contributed by atoms with Crippen molar-refractivity contribution < 1.29 is 14.2 Å². The molecule has 0 fully saturated rings. The molecule has 27 heavy (non-hydrogen) atoms. The Labute approximate surface area is 156 Å². The molecule has 3 rings (SSSR count). The summed E-state index contributed by atoms with van der Waals surface area (Å²) in [5.74, 6) is 1.54. The molecular formula is C18H23N5O4. The summed E-state index contributed by atoms with van der Waals surface area (Å²) >= 11 is 0. The molecular weight excluding hydrogens is 350 g/mol. The summed E-state index contributed by atoms with van der Waals surface area (Å²) in [6.07, 6.45) is 1.61. The number of rotatable bonds is 7. The van der Waals surface area contributed by atoms with Crippen molar-refractivity contribution in [2.75, 3.05) is 42.0 Å². The lowest BCUT2D eigenvalue weighted by Gasteiger charge is -2.14. The quantitative estimate of drug-likeness (QED) is 0.668. The van der Waals surface area contributed by atoms with Gasteiger partial charge in [0.05, 0.1) is 33.2 Å². The number of hydrogen-bond donors (Lipinski definition) is 1. The number of nitrogens with one attached hydrogen (secondary N) is 1. The molecule has 0 saturated carbocycles. The predicted molar refractivity (Wildman–Crippen MR) is 102 cm³/mol. The van der Waals surface area contributed by atoms with E-state index in [4.69, 9.17) is 14.2 Å².